The van der Waals surface area contributed by atoms with E-state index in [0.717, 1.165) is 22.5 Å². The highest BCUT2D eigenvalue weighted by Crippen LogP contribution is 2.39. The largest absolute Gasteiger partial charge is 0.436 e. The summed E-state index contributed by atoms with van der Waals surface area (Å²) in [6, 6.07) is 12.4. The van der Waals surface area contributed by atoms with Gasteiger partial charge in [-0.25, -0.2) is 22.9 Å². The van der Waals surface area contributed by atoms with Crippen LogP contribution in [-0.2, 0) is 0 Å². The SMILES string of the molecule is O=C(NC(=O)N(Sc1ccccc1[N+](=O)[O-])c1ccc(Oc2ncc(Cl)cc2Cl)c(Cl)c1)c1c(F)cccc1F. The Bertz CT molecular complexity index is 1630. The van der Waals surface area contributed by atoms with Gasteiger partial charge in [-0.1, -0.05) is 53.0 Å². The molecule has 3 amide bonds. The molecule has 0 spiro atoms. The Morgan fingerprint density at radius 1 is 0.975 bits per heavy atom. The number of halogens is 5. The molecule has 9 nitrogen and oxygen atoms in total. The number of imide groups is 1. The molecule has 0 saturated heterocycles. The van der Waals surface area contributed by atoms with Crippen molar-refractivity contribution in [3.63, 3.8) is 0 Å². The van der Waals surface area contributed by atoms with E-state index in [1.807, 2.05) is 5.32 Å². The van der Waals surface area contributed by atoms with Crippen LogP contribution < -0.4 is 14.4 Å². The van der Waals surface area contributed by atoms with Gasteiger partial charge in [-0.05, 0) is 42.5 Å². The Balaban J connectivity index is 1.69. The van der Waals surface area contributed by atoms with Gasteiger partial charge in [0.15, 0.2) is 0 Å². The van der Waals surface area contributed by atoms with E-state index in [0.29, 0.717) is 11.9 Å². The topological polar surface area (TPSA) is 115 Å². The number of urea groups is 1. The summed E-state index contributed by atoms with van der Waals surface area (Å²) in [6.45, 7) is 0. The van der Waals surface area contributed by atoms with E-state index in [1.54, 1.807) is 0 Å². The van der Waals surface area contributed by atoms with E-state index in [1.165, 1.54) is 54.7 Å². The van der Waals surface area contributed by atoms with E-state index in [9.17, 15) is 28.5 Å². The van der Waals surface area contributed by atoms with E-state index < -0.39 is 34.1 Å². The van der Waals surface area contributed by atoms with Crippen molar-refractivity contribution in [1.29, 1.82) is 0 Å². The maximum atomic E-state index is 14.1. The Morgan fingerprint density at radius 2 is 1.68 bits per heavy atom. The molecule has 0 aliphatic heterocycles. The molecule has 1 heterocycles. The zero-order valence-electron chi connectivity index (χ0n) is 19.6. The van der Waals surface area contributed by atoms with Crippen LogP contribution in [0.4, 0.5) is 25.0 Å². The predicted molar refractivity (Wildman–Crippen MR) is 146 cm³/mol. The standard InChI is InChI=1S/C25H13Cl3F2N4O5S/c26-13-10-16(28)24(31-12-13)39-20-9-8-14(11-15(20)27)33(40-21-7-2-1-6-19(21)34(37)38)25(36)32-23(35)22-17(29)4-3-5-18(22)30/h1-12H,(H,32,35,36). The van der Waals surface area contributed by atoms with Gasteiger partial charge < -0.3 is 4.74 Å². The minimum absolute atomic E-state index is 0.0119. The van der Waals surface area contributed by atoms with Gasteiger partial charge in [0.25, 0.3) is 11.6 Å². The second-order valence-electron chi connectivity index (χ2n) is 7.62. The number of rotatable bonds is 7. The third kappa shape index (κ3) is 6.59. The molecule has 0 atom stereocenters. The Hall–Kier alpha value is -3.97. The molecule has 0 bridgehead atoms. The fourth-order valence-corrected chi connectivity index (χ4v) is 4.75. The van der Waals surface area contributed by atoms with Gasteiger partial charge in [0.2, 0.25) is 5.88 Å². The molecule has 40 heavy (non-hydrogen) atoms. The molecule has 15 heteroatoms. The number of ether oxygens (including phenoxy) is 1. The molecule has 0 unspecified atom stereocenters. The maximum Gasteiger partial charge on any atom is 0.339 e. The number of hydrogen-bond acceptors (Lipinski definition) is 7. The summed E-state index contributed by atoms with van der Waals surface area (Å²) in [5.41, 5.74) is -1.30. The number of nitro groups is 1. The number of benzene rings is 3. The van der Waals surface area contributed by atoms with Crippen LogP contribution in [0, 0.1) is 21.7 Å². The summed E-state index contributed by atoms with van der Waals surface area (Å²) in [4.78, 5) is 40.7. The quantitative estimate of drug-likeness (QED) is 0.125. The van der Waals surface area contributed by atoms with Gasteiger partial charge in [-0.15, -0.1) is 0 Å². The number of pyridine rings is 1. The molecule has 4 rings (SSSR count). The Labute approximate surface area is 243 Å². The van der Waals surface area contributed by atoms with Gasteiger partial charge in [-0.2, -0.15) is 0 Å². The minimum Gasteiger partial charge on any atom is -0.436 e. The molecule has 1 N–H and O–H groups in total. The van der Waals surface area contributed by atoms with Crippen LogP contribution in [0.3, 0.4) is 0 Å². The number of nitro benzene ring substituents is 1. The zero-order chi connectivity index (χ0) is 29.0. The van der Waals surface area contributed by atoms with Crippen molar-refractivity contribution in [3.8, 4) is 11.6 Å². The van der Waals surface area contributed by atoms with Crippen LogP contribution in [0.2, 0.25) is 15.1 Å². The van der Waals surface area contributed by atoms with Gasteiger partial charge in [-0.3, -0.25) is 20.2 Å². The lowest BCUT2D eigenvalue weighted by Crippen LogP contribution is -2.40. The molecule has 204 valence electrons. The second kappa shape index (κ2) is 12.5. The molecule has 3 aromatic carbocycles. The first-order valence-corrected chi connectivity index (χ1v) is 12.7. The number of anilines is 1. The summed E-state index contributed by atoms with van der Waals surface area (Å²) in [5.74, 6) is -3.70. The van der Waals surface area contributed by atoms with Crippen LogP contribution >= 0.6 is 46.8 Å². The third-order valence-corrected chi connectivity index (χ3v) is 6.85. The van der Waals surface area contributed by atoms with Crippen molar-refractivity contribution in [1.82, 2.24) is 10.3 Å². The van der Waals surface area contributed by atoms with Crippen molar-refractivity contribution in [2.45, 2.75) is 4.90 Å². The average Bonchev–Trinajstić information content (AvgIpc) is 2.89. The summed E-state index contributed by atoms with van der Waals surface area (Å²) < 4.78 is 34.7. The van der Waals surface area contributed by atoms with Crippen molar-refractivity contribution in [2.24, 2.45) is 0 Å². The first kappa shape index (κ1) is 29.0. The molecular formula is C25H13Cl3F2N4O5S. The normalized spacial score (nSPS) is 10.6. The van der Waals surface area contributed by atoms with Crippen molar-refractivity contribution in [2.75, 3.05) is 4.31 Å². The number of carbonyl (C=O) groups excluding carboxylic acids is 2. The lowest BCUT2D eigenvalue weighted by Gasteiger charge is -2.22. The summed E-state index contributed by atoms with van der Waals surface area (Å²) in [6.07, 6.45) is 1.30. The minimum atomic E-state index is -1.37. The maximum absolute atomic E-state index is 14.1. The first-order chi connectivity index (χ1) is 19.0. The first-order valence-electron chi connectivity index (χ1n) is 10.8. The van der Waals surface area contributed by atoms with Gasteiger partial charge in [0.05, 0.1) is 20.7 Å². The number of nitrogens with zero attached hydrogens (tertiary/aromatic N) is 3. The van der Waals surface area contributed by atoms with E-state index in [-0.39, 0.29) is 43.0 Å². The van der Waals surface area contributed by atoms with E-state index >= 15 is 0 Å². The summed E-state index contributed by atoms with van der Waals surface area (Å²) >= 11 is 18.9. The van der Waals surface area contributed by atoms with Crippen molar-refractivity contribution >= 4 is 70.1 Å². The highest BCUT2D eigenvalue weighted by molar-refractivity contribution is 8.01. The number of nitrogens with one attached hydrogen (secondary N) is 1. The predicted octanol–water partition coefficient (Wildman–Crippen LogP) is 8.08. The molecule has 0 aliphatic rings. The zero-order valence-corrected chi connectivity index (χ0v) is 22.7. The third-order valence-electron chi connectivity index (χ3n) is 4.98. The highest BCUT2D eigenvalue weighted by atomic mass is 35.5. The van der Waals surface area contributed by atoms with Crippen molar-refractivity contribution < 1.29 is 28.0 Å². The molecule has 0 radical (unpaired) electrons. The molecule has 4 aromatic rings. The molecular weight excluding hydrogens is 613 g/mol. The summed E-state index contributed by atoms with van der Waals surface area (Å²) in [5, 5.41) is 13.8. The van der Waals surface area contributed by atoms with Crippen LogP contribution in [-0.4, -0.2) is 21.8 Å². The Kier molecular flexibility index (Phi) is 9.05. The highest BCUT2D eigenvalue weighted by Gasteiger charge is 2.27. The summed E-state index contributed by atoms with van der Waals surface area (Å²) in [7, 11) is 0. The number of amides is 3. The van der Waals surface area contributed by atoms with Crippen LogP contribution in [0.5, 0.6) is 11.6 Å². The fourth-order valence-electron chi connectivity index (χ4n) is 3.20. The molecule has 1 aromatic heterocycles. The molecule has 0 fully saturated rings. The van der Waals surface area contributed by atoms with E-state index in [4.69, 9.17) is 39.5 Å². The van der Waals surface area contributed by atoms with Gasteiger partial charge >= 0.3 is 6.03 Å². The average molecular weight is 626 g/mol. The molecule has 0 aliphatic carbocycles. The lowest BCUT2D eigenvalue weighted by molar-refractivity contribution is -0.387. The lowest BCUT2D eigenvalue weighted by atomic mass is 10.2. The van der Waals surface area contributed by atoms with Gasteiger partial charge in [0, 0.05) is 24.2 Å². The van der Waals surface area contributed by atoms with Crippen LogP contribution in [0.25, 0.3) is 0 Å². The smallest absolute Gasteiger partial charge is 0.339 e. The number of aromatic nitrogens is 1. The monoisotopic (exact) mass is 624 g/mol. The second-order valence-corrected chi connectivity index (χ2v) is 9.86. The van der Waals surface area contributed by atoms with Crippen LogP contribution in [0.1, 0.15) is 10.4 Å². The number of hydrogen-bond donors (Lipinski definition) is 1. The van der Waals surface area contributed by atoms with Crippen LogP contribution in [0.15, 0.2) is 77.8 Å². The number of carbonyl (C=O) groups is 2. The molecule has 0 saturated carbocycles. The number of para-hydroxylation sites is 1. The van der Waals surface area contributed by atoms with Gasteiger partial charge in [0.1, 0.15) is 32.9 Å². The van der Waals surface area contributed by atoms with E-state index in [2.05, 4.69) is 4.98 Å². The fraction of sp³-hybridized carbons (Fsp3) is 0. The van der Waals surface area contributed by atoms with Crippen molar-refractivity contribution in [3.05, 3.63) is 115 Å². The Morgan fingerprint density at radius 3 is 2.33 bits per heavy atom.